The molecule has 0 unspecified atom stereocenters. The van der Waals surface area contributed by atoms with E-state index in [9.17, 15) is 4.79 Å². The van der Waals surface area contributed by atoms with Gasteiger partial charge in [-0.05, 0) is 51.8 Å². The van der Waals surface area contributed by atoms with Gasteiger partial charge < -0.3 is 14.8 Å². The van der Waals surface area contributed by atoms with E-state index in [0.29, 0.717) is 26.2 Å². The van der Waals surface area contributed by atoms with Gasteiger partial charge in [0, 0.05) is 24.8 Å². The van der Waals surface area contributed by atoms with Gasteiger partial charge >= 0.3 is 0 Å². The fourth-order valence-corrected chi connectivity index (χ4v) is 2.89. The Morgan fingerprint density at radius 2 is 1.85 bits per heavy atom. The van der Waals surface area contributed by atoms with E-state index in [-0.39, 0.29) is 5.91 Å². The maximum absolute atomic E-state index is 12.2. The van der Waals surface area contributed by atoms with Gasteiger partial charge in [0.25, 0.3) is 0 Å². The van der Waals surface area contributed by atoms with Gasteiger partial charge in [-0.15, -0.1) is 0 Å². The Balaban J connectivity index is 1.90. The Hall–Kier alpha value is -2.50. The van der Waals surface area contributed by atoms with Crippen LogP contribution in [0.2, 0.25) is 0 Å². The molecule has 26 heavy (non-hydrogen) atoms. The van der Waals surface area contributed by atoms with Crippen LogP contribution in [0.1, 0.15) is 36.4 Å². The van der Waals surface area contributed by atoms with Crippen molar-refractivity contribution in [3.63, 3.8) is 0 Å². The van der Waals surface area contributed by atoms with E-state index in [2.05, 4.69) is 10.4 Å². The molecule has 0 atom stereocenters. The minimum absolute atomic E-state index is 0.0140. The number of hydrogen-bond acceptors (Lipinski definition) is 4. The molecule has 142 valence electrons. The number of aromatic nitrogens is 2. The lowest BCUT2D eigenvalue weighted by atomic mass is 10.1. The predicted octanol–water partition coefficient (Wildman–Crippen LogP) is 2.74. The third kappa shape index (κ3) is 5.00. The molecular formula is C20H29N3O3. The number of carbonyl (C=O) groups excluding carboxylic acids is 1. The fraction of sp³-hybridized carbons (Fsp3) is 0.500. The smallest absolute Gasteiger partial charge is 0.224 e. The quantitative estimate of drug-likeness (QED) is 0.748. The number of rotatable bonds is 9. The molecule has 2 aromatic rings. The summed E-state index contributed by atoms with van der Waals surface area (Å²) in [7, 11) is 1.89. The molecule has 1 aromatic carbocycles. The summed E-state index contributed by atoms with van der Waals surface area (Å²) < 4.78 is 13.0. The van der Waals surface area contributed by atoms with Crippen molar-refractivity contribution in [3.05, 3.63) is 40.7 Å². The zero-order chi connectivity index (χ0) is 19.1. The highest BCUT2D eigenvalue weighted by Crippen LogP contribution is 2.28. The van der Waals surface area contributed by atoms with Crippen LogP contribution in [0.4, 0.5) is 0 Å². The lowest BCUT2D eigenvalue weighted by Gasteiger charge is -2.12. The second-order valence-electron chi connectivity index (χ2n) is 6.20. The van der Waals surface area contributed by atoms with Crippen molar-refractivity contribution < 1.29 is 14.3 Å². The third-order valence-electron chi connectivity index (χ3n) is 4.34. The number of benzene rings is 1. The summed E-state index contributed by atoms with van der Waals surface area (Å²) >= 11 is 0. The Labute approximate surface area is 155 Å². The summed E-state index contributed by atoms with van der Waals surface area (Å²) in [5, 5.41) is 7.34. The Morgan fingerprint density at radius 3 is 2.46 bits per heavy atom. The fourth-order valence-electron chi connectivity index (χ4n) is 2.89. The molecule has 1 amide bonds. The van der Waals surface area contributed by atoms with E-state index in [1.807, 2.05) is 57.6 Å². The maximum atomic E-state index is 12.2. The highest BCUT2D eigenvalue weighted by molar-refractivity contribution is 5.79. The molecule has 1 aromatic heterocycles. The van der Waals surface area contributed by atoms with Crippen LogP contribution < -0.4 is 14.8 Å². The molecular weight excluding hydrogens is 330 g/mol. The SMILES string of the molecule is CCOc1ccc(CCNC(=O)Cc2c(C)nn(C)c2C)cc1OCC. The van der Waals surface area contributed by atoms with E-state index in [0.717, 1.165) is 40.4 Å². The molecule has 0 saturated heterocycles. The number of nitrogens with one attached hydrogen (secondary N) is 1. The first-order chi connectivity index (χ1) is 12.5. The number of aryl methyl sites for hydroxylation is 2. The first-order valence-corrected chi connectivity index (χ1v) is 9.10. The Kier molecular flexibility index (Phi) is 7.06. The van der Waals surface area contributed by atoms with Crippen LogP contribution in [0.3, 0.4) is 0 Å². The van der Waals surface area contributed by atoms with Crippen LogP contribution in [-0.2, 0) is 24.7 Å². The first-order valence-electron chi connectivity index (χ1n) is 9.10. The second-order valence-corrected chi connectivity index (χ2v) is 6.20. The highest BCUT2D eigenvalue weighted by atomic mass is 16.5. The largest absolute Gasteiger partial charge is 0.490 e. The minimum atomic E-state index is 0.0140. The van der Waals surface area contributed by atoms with Crippen molar-refractivity contribution in [2.45, 2.75) is 40.5 Å². The molecule has 0 aliphatic carbocycles. The molecule has 0 fully saturated rings. The summed E-state index contributed by atoms with van der Waals surface area (Å²) in [4.78, 5) is 12.2. The molecule has 2 rings (SSSR count). The molecule has 0 radical (unpaired) electrons. The second kappa shape index (κ2) is 9.27. The highest BCUT2D eigenvalue weighted by Gasteiger charge is 2.13. The van der Waals surface area contributed by atoms with Crippen molar-refractivity contribution in [2.24, 2.45) is 7.05 Å². The van der Waals surface area contributed by atoms with Crippen LogP contribution in [-0.4, -0.2) is 35.4 Å². The predicted molar refractivity (Wildman–Crippen MR) is 102 cm³/mol. The summed E-state index contributed by atoms with van der Waals surface area (Å²) in [6.45, 7) is 9.59. The van der Waals surface area contributed by atoms with Gasteiger partial charge in [0.05, 0.1) is 25.3 Å². The molecule has 0 saturated carbocycles. The van der Waals surface area contributed by atoms with Crippen molar-refractivity contribution in [1.82, 2.24) is 15.1 Å². The Morgan fingerprint density at radius 1 is 1.15 bits per heavy atom. The molecule has 0 bridgehead atoms. The molecule has 0 aliphatic rings. The lowest BCUT2D eigenvalue weighted by Crippen LogP contribution is -2.27. The molecule has 6 nitrogen and oxygen atoms in total. The summed E-state index contributed by atoms with van der Waals surface area (Å²) in [6, 6.07) is 5.92. The Bertz CT molecular complexity index is 753. The van der Waals surface area contributed by atoms with Crippen LogP contribution >= 0.6 is 0 Å². The summed E-state index contributed by atoms with van der Waals surface area (Å²) in [5.41, 5.74) is 4.05. The van der Waals surface area contributed by atoms with Crippen LogP contribution in [0.5, 0.6) is 11.5 Å². The maximum Gasteiger partial charge on any atom is 0.224 e. The average molecular weight is 359 g/mol. The van der Waals surface area contributed by atoms with Gasteiger partial charge in [0.1, 0.15) is 0 Å². The molecule has 1 heterocycles. The van der Waals surface area contributed by atoms with Gasteiger partial charge in [-0.2, -0.15) is 5.10 Å². The molecule has 0 aliphatic heterocycles. The van der Waals surface area contributed by atoms with Crippen LogP contribution in [0.25, 0.3) is 0 Å². The van der Waals surface area contributed by atoms with Crippen molar-refractivity contribution in [3.8, 4) is 11.5 Å². The molecule has 1 N–H and O–H groups in total. The van der Waals surface area contributed by atoms with E-state index >= 15 is 0 Å². The zero-order valence-corrected chi connectivity index (χ0v) is 16.4. The van der Waals surface area contributed by atoms with E-state index in [4.69, 9.17) is 9.47 Å². The number of amides is 1. The zero-order valence-electron chi connectivity index (χ0n) is 16.4. The number of hydrogen-bond donors (Lipinski definition) is 1. The average Bonchev–Trinajstić information content (AvgIpc) is 2.84. The topological polar surface area (TPSA) is 65.4 Å². The van der Waals surface area contributed by atoms with Crippen molar-refractivity contribution in [2.75, 3.05) is 19.8 Å². The molecule has 6 heteroatoms. The monoisotopic (exact) mass is 359 g/mol. The summed E-state index contributed by atoms with van der Waals surface area (Å²) in [6.07, 6.45) is 1.10. The van der Waals surface area contributed by atoms with Gasteiger partial charge in [-0.1, -0.05) is 6.07 Å². The van der Waals surface area contributed by atoms with Gasteiger partial charge in [0.15, 0.2) is 11.5 Å². The van der Waals surface area contributed by atoms with E-state index in [1.165, 1.54) is 0 Å². The summed E-state index contributed by atoms with van der Waals surface area (Å²) in [5.74, 6) is 1.52. The van der Waals surface area contributed by atoms with E-state index in [1.54, 1.807) is 0 Å². The van der Waals surface area contributed by atoms with Crippen LogP contribution in [0.15, 0.2) is 18.2 Å². The van der Waals surface area contributed by atoms with Gasteiger partial charge in [-0.3, -0.25) is 9.48 Å². The first kappa shape index (κ1) is 19.8. The standard InChI is InChI=1S/C20H29N3O3/c1-6-25-18-9-8-16(12-19(18)26-7-2)10-11-21-20(24)13-17-14(3)22-23(5)15(17)4/h8-9,12H,6-7,10-11,13H2,1-5H3,(H,21,24). The normalized spacial score (nSPS) is 10.7. The third-order valence-corrected chi connectivity index (χ3v) is 4.34. The van der Waals surface area contributed by atoms with E-state index < -0.39 is 0 Å². The number of carbonyl (C=O) groups is 1. The van der Waals surface area contributed by atoms with Crippen LogP contribution in [0, 0.1) is 13.8 Å². The lowest BCUT2D eigenvalue weighted by molar-refractivity contribution is -0.120. The minimum Gasteiger partial charge on any atom is -0.490 e. The van der Waals surface area contributed by atoms with Crippen molar-refractivity contribution in [1.29, 1.82) is 0 Å². The number of ether oxygens (including phenoxy) is 2. The number of nitrogens with zero attached hydrogens (tertiary/aromatic N) is 2. The molecule has 0 spiro atoms. The van der Waals surface area contributed by atoms with Crippen molar-refractivity contribution >= 4 is 5.91 Å². The van der Waals surface area contributed by atoms with Gasteiger partial charge in [0.2, 0.25) is 5.91 Å². The van der Waals surface area contributed by atoms with Gasteiger partial charge in [-0.25, -0.2) is 0 Å².